The van der Waals surface area contributed by atoms with E-state index in [4.69, 9.17) is 11.6 Å². The maximum absolute atomic E-state index is 12.2. The van der Waals surface area contributed by atoms with Crippen molar-refractivity contribution in [2.24, 2.45) is 0 Å². The third-order valence-corrected chi connectivity index (χ3v) is 4.51. The van der Waals surface area contributed by atoms with Crippen molar-refractivity contribution < 1.29 is 9.72 Å². The molecule has 0 saturated carbocycles. The topological polar surface area (TPSA) is 96.0 Å². The van der Waals surface area contributed by atoms with Crippen LogP contribution < -0.4 is 5.32 Å². The minimum atomic E-state index is -0.921. The molecule has 20 heavy (non-hydrogen) atoms. The molecule has 1 atom stereocenters. The summed E-state index contributed by atoms with van der Waals surface area (Å²) in [5.74, 6) is 0.723. The van der Waals surface area contributed by atoms with Gasteiger partial charge < -0.3 is 5.32 Å². The zero-order valence-corrected chi connectivity index (χ0v) is 11.8. The van der Waals surface area contributed by atoms with Gasteiger partial charge in [0.15, 0.2) is 0 Å². The quantitative estimate of drug-likeness (QED) is 0.683. The van der Waals surface area contributed by atoms with Crippen LogP contribution >= 0.6 is 23.4 Å². The van der Waals surface area contributed by atoms with E-state index in [1.54, 1.807) is 11.8 Å². The fourth-order valence-electron chi connectivity index (χ4n) is 1.87. The largest absolute Gasteiger partial charge is 0.333 e. The highest BCUT2D eigenvalue weighted by Crippen LogP contribution is 2.29. The van der Waals surface area contributed by atoms with E-state index < -0.39 is 16.4 Å². The number of hydrogen-bond donors (Lipinski definition) is 1. The second-order valence-electron chi connectivity index (χ2n) is 4.37. The summed E-state index contributed by atoms with van der Waals surface area (Å²) in [6.07, 6.45) is 0.548. The van der Waals surface area contributed by atoms with Gasteiger partial charge in [-0.15, -0.1) is 0 Å². The van der Waals surface area contributed by atoms with Crippen LogP contribution in [0.1, 0.15) is 16.8 Å². The second-order valence-corrected chi connectivity index (χ2v) is 5.88. The zero-order chi connectivity index (χ0) is 14.8. The van der Waals surface area contributed by atoms with Gasteiger partial charge in [0.2, 0.25) is 0 Å². The second kappa shape index (κ2) is 5.69. The van der Waals surface area contributed by atoms with Crippen LogP contribution in [0, 0.1) is 21.4 Å². The normalized spacial score (nSPS) is 21.2. The van der Waals surface area contributed by atoms with E-state index in [9.17, 15) is 20.2 Å². The predicted octanol–water partition coefficient (Wildman–Crippen LogP) is 2.38. The van der Waals surface area contributed by atoms with E-state index in [0.29, 0.717) is 12.2 Å². The average molecular weight is 312 g/mol. The number of nitriles is 1. The highest BCUT2D eigenvalue weighted by atomic mass is 35.5. The molecule has 0 aliphatic carbocycles. The van der Waals surface area contributed by atoms with Gasteiger partial charge in [0.1, 0.15) is 5.54 Å². The van der Waals surface area contributed by atoms with Crippen molar-refractivity contribution in [3.8, 4) is 6.07 Å². The van der Waals surface area contributed by atoms with Gasteiger partial charge in [-0.3, -0.25) is 14.9 Å². The summed E-state index contributed by atoms with van der Waals surface area (Å²) in [4.78, 5) is 22.3. The number of carbonyl (C=O) groups excluding carboxylic acids is 1. The van der Waals surface area contributed by atoms with Crippen LogP contribution in [0.2, 0.25) is 5.02 Å². The zero-order valence-electron chi connectivity index (χ0n) is 10.3. The summed E-state index contributed by atoms with van der Waals surface area (Å²) in [6, 6.07) is 5.75. The molecular weight excluding hydrogens is 302 g/mol. The number of nitrogens with zero attached hydrogens (tertiary/aromatic N) is 2. The molecule has 1 fully saturated rings. The van der Waals surface area contributed by atoms with Gasteiger partial charge in [-0.1, -0.05) is 11.6 Å². The van der Waals surface area contributed by atoms with E-state index >= 15 is 0 Å². The fourth-order valence-corrected chi connectivity index (χ4v) is 3.34. The van der Waals surface area contributed by atoms with Crippen LogP contribution in [0.3, 0.4) is 0 Å². The first-order chi connectivity index (χ1) is 9.47. The summed E-state index contributed by atoms with van der Waals surface area (Å²) in [7, 11) is 0. The standard InChI is InChI=1S/C12H10ClN3O3S/c13-10-2-1-8(16(18)19)5-9(10)11(17)15-12(6-14)3-4-20-7-12/h1-2,5H,3-4,7H2,(H,15,17). The number of hydrogen-bond acceptors (Lipinski definition) is 5. The number of halogens is 1. The van der Waals surface area contributed by atoms with Crippen LogP contribution in [0.15, 0.2) is 18.2 Å². The lowest BCUT2D eigenvalue weighted by molar-refractivity contribution is -0.384. The summed E-state index contributed by atoms with van der Waals surface area (Å²) in [5, 5.41) is 22.7. The summed E-state index contributed by atoms with van der Waals surface area (Å²) >= 11 is 7.47. The molecule has 1 amide bonds. The van der Waals surface area contributed by atoms with Crippen LogP contribution in [0.4, 0.5) is 5.69 Å². The lowest BCUT2D eigenvalue weighted by atomic mass is 10.0. The Balaban J connectivity index is 2.27. The maximum atomic E-state index is 12.2. The molecule has 6 nitrogen and oxygen atoms in total. The molecule has 0 spiro atoms. The van der Waals surface area contributed by atoms with Crippen LogP contribution in [-0.4, -0.2) is 27.9 Å². The number of amides is 1. The SMILES string of the molecule is N#CC1(NC(=O)c2cc([N+](=O)[O-])ccc2Cl)CCSC1. The third kappa shape index (κ3) is 2.86. The molecule has 1 unspecified atom stereocenters. The van der Waals surface area contributed by atoms with E-state index in [1.165, 1.54) is 12.1 Å². The fraction of sp³-hybridized carbons (Fsp3) is 0.333. The van der Waals surface area contributed by atoms with Crippen LogP contribution in [0.5, 0.6) is 0 Å². The number of rotatable bonds is 3. The molecule has 1 heterocycles. The van der Waals surface area contributed by atoms with Crippen LogP contribution in [-0.2, 0) is 0 Å². The molecule has 0 radical (unpaired) electrons. The maximum Gasteiger partial charge on any atom is 0.270 e. The van der Waals surface area contributed by atoms with E-state index in [2.05, 4.69) is 11.4 Å². The Bertz CT molecular complexity index is 608. The van der Waals surface area contributed by atoms with Gasteiger partial charge in [-0.05, 0) is 18.2 Å². The molecule has 2 rings (SSSR count). The minimum absolute atomic E-state index is 0.00684. The molecule has 1 aromatic rings. The Morgan fingerprint density at radius 1 is 1.60 bits per heavy atom. The Labute approximate surface area is 124 Å². The smallest absolute Gasteiger partial charge is 0.270 e. The van der Waals surface area contributed by atoms with Crippen molar-refractivity contribution in [3.63, 3.8) is 0 Å². The Morgan fingerprint density at radius 3 is 2.90 bits per heavy atom. The van der Waals surface area contributed by atoms with Gasteiger partial charge in [0.25, 0.3) is 11.6 Å². The minimum Gasteiger partial charge on any atom is -0.333 e. The van der Waals surface area contributed by atoms with E-state index in [-0.39, 0.29) is 16.3 Å². The van der Waals surface area contributed by atoms with Crippen molar-refractivity contribution in [3.05, 3.63) is 38.9 Å². The molecule has 104 valence electrons. The molecule has 1 aliphatic heterocycles. The first kappa shape index (κ1) is 14.6. The summed E-state index contributed by atoms with van der Waals surface area (Å²) in [5.41, 5.74) is -1.13. The lowest BCUT2D eigenvalue weighted by Crippen LogP contribution is -2.47. The molecular formula is C12H10ClN3O3S. The van der Waals surface area contributed by atoms with Crippen molar-refractivity contribution in [2.45, 2.75) is 12.0 Å². The van der Waals surface area contributed by atoms with Gasteiger partial charge >= 0.3 is 0 Å². The van der Waals surface area contributed by atoms with Crippen LogP contribution in [0.25, 0.3) is 0 Å². The number of benzene rings is 1. The first-order valence-electron chi connectivity index (χ1n) is 5.73. The monoisotopic (exact) mass is 311 g/mol. The van der Waals surface area contributed by atoms with Gasteiger partial charge in [-0.2, -0.15) is 17.0 Å². The summed E-state index contributed by atoms with van der Waals surface area (Å²) < 4.78 is 0. The van der Waals surface area contributed by atoms with Crippen molar-refractivity contribution in [2.75, 3.05) is 11.5 Å². The first-order valence-corrected chi connectivity index (χ1v) is 7.26. The average Bonchev–Trinajstić information content (AvgIpc) is 2.88. The Kier molecular flexibility index (Phi) is 4.16. The third-order valence-electron chi connectivity index (χ3n) is 2.99. The molecule has 0 aromatic heterocycles. The molecule has 0 bridgehead atoms. The van der Waals surface area contributed by atoms with Gasteiger partial charge in [0.05, 0.1) is 21.6 Å². The highest BCUT2D eigenvalue weighted by Gasteiger charge is 2.36. The molecule has 1 saturated heterocycles. The molecule has 8 heteroatoms. The van der Waals surface area contributed by atoms with Gasteiger partial charge in [-0.25, -0.2) is 0 Å². The predicted molar refractivity (Wildman–Crippen MR) is 75.9 cm³/mol. The molecule has 1 aromatic carbocycles. The number of carbonyl (C=O) groups is 1. The number of nitro groups is 1. The lowest BCUT2D eigenvalue weighted by Gasteiger charge is -2.21. The molecule has 1 aliphatic rings. The molecule has 1 N–H and O–H groups in total. The Hall–Kier alpha value is -1.78. The Morgan fingerprint density at radius 2 is 2.35 bits per heavy atom. The van der Waals surface area contributed by atoms with E-state index in [1.807, 2.05) is 0 Å². The highest BCUT2D eigenvalue weighted by molar-refractivity contribution is 7.99. The van der Waals surface area contributed by atoms with E-state index in [0.717, 1.165) is 11.8 Å². The van der Waals surface area contributed by atoms with Gasteiger partial charge in [0, 0.05) is 17.9 Å². The summed E-state index contributed by atoms with van der Waals surface area (Å²) in [6.45, 7) is 0. The number of nitro benzene ring substituents is 1. The number of non-ortho nitro benzene ring substituents is 1. The van der Waals surface area contributed by atoms with Crippen molar-refractivity contribution >= 4 is 35.0 Å². The van der Waals surface area contributed by atoms with Crippen molar-refractivity contribution in [1.29, 1.82) is 5.26 Å². The number of nitrogens with one attached hydrogen (secondary N) is 1. The number of thioether (sulfide) groups is 1. The van der Waals surface area contributed by atoms with Crippen molar-refractivity contribution in [1.82, 2.24) is 5.32 Å².